The molecule has 1 aromatic rings. The molecule has 0 atom stereocenters. The lowest BCUT2D eigenvalue weighted by molar-refractivity contribution is -0.139. The molecule has 8 heteroatoms. The zero-order chi connectivity index (χ0) is 12.5. The molecule has 0 radical (unpaired) electrons. The van der Waals surface area contributed by atoms with Crippen LogP contribution in [0.3, 0.4) is 0 Å². The van der Waals surface area contributed by atoms with Crippen LogP contribution in [0.4, 0.5) is 27.8 Å². The highest BCUT2D eigenvalue weighted by Gasteiger charge is 2.38. The molecule has 0 aromatic carbocycles. The van der Waals surface area contributed by atoms with E-state index in [2.05, 4.69) is 9.72 Å². The molecule has 0 unspecified atom stereocenters. The van der Waals surface area contributed by atoms with Gasteiger partial charge in [-0.05, 0) is 0 Å². The smallest absolute Gasteiger partial charge is 0.421 e. The lowest BCUT2D eigenvalue weighted by Gasteiger charge is -2.15. The molecule has 0 aliphatic heterocycles. The first-order chi connectivity index (χ1) is 7.29. The van der Waals surface area contributed by atoms with Crippen molar-refractivity contribution in [2.24, 2.45) is 0 Å². The van der Waals surface area contributed by atoms with Crippen LogP contribution in [0.15, 0.2) is 6.20 Å². The number of methoxy groups -OCH3 is 1. The average molecular weight is 242 g/mol. The van der Waals surface area contributed by atoms with E-state index in [0.29, 0.717) is 6.20 Å². The third-order valence-electron chi connectivity index (χ3n) is 1.83. The number of pyridine rings is 1. The predicted molar refractivity (Wildman–Crippen MR) is 45.2 cm³/mol. The fraction of sp³-hybridized carbons (Fsp3) is 0.375. The maximum Gasteiger partial charge on any atom is 0.421 e. The number of hydrogen-bond acceptors (Lipinski definition) is 3. The summed E-state index contributed by atoms with van der Waals surface area (Å²) in [6.45, 7) is 0. The summed E-state index contributed by atoms with van der Waals surface area (Å²) in [4.78, 5) is 3.07. The summed E-state index contributed by atoms with van der Waals surface area (Å²) in [5.41, 5.74) is 2.65. The molecule has 90 valence electrons. The van der Waals surface area contributed by atoms with E-state index in [0.717, 1.165) is 7.11 Å². The molecule has 0 saturated heterocycles. The number of aromatic nitrogens is 1. The van der Waals surface area contributed by atoms with Gasteiger partial charge in [-0.2, -0.15) is 13.2 Å². The third-order valence-corrected chi connectivity index (χ3v) is 1.83. The largest absolute Gasteiger partial charge is 0.495 e. The first-order valence-electron chi connectivity index (χ1n) is 3.96. The SMILES string of the molecule is COc1c(C(F)(F)F)cnc(N)c1C(F)F. The van der Waals surface area contributed by atoms with Gasteiger partial charge in [-0.25, -0.2) is 13.8 Å². The van der Waals surface area contributed by atoms with Gasteiger partial charge in [0.25, 0.3) is 6.43 Å². The van der Waals surface area contributed by atoms with Crippen LogP contribution < -0.4 is 10.5 Å². The molecule has 0 saturated carbocycles. The second-order valence-electron chi connectivity index (χ2n) is 2.80. The van der Waals surface area contributed by atoms with Crippen molar-refractivity contribution in [2.45, 2.75) is 12.6 Å². The molecule has 0 fully saturated rings. The molecule has 2 N–H and O–H groups in total. The van der Waals surface area contributed by atoms with E-state index in [1.54, 1.807) is 0 Å². The minimum absolute atomic E-state index is 0.361. The Labute approximate surface area is 87.0 Å². The van der Waals surface area contributed by atoms with Crippen molar-refractivity contribution in [1.82, 2.24) is 4.98 Å². The lowest BCUT2D eigenvalue weighted by atomic mass is 10.1. The second kappa shape index (κ2) is 4.11. The topological polar surface area (TPSA) is 48.1 Å². The highest BCUT2D eigenvalue weighted by Crippen LogP contribution is 2.42. The normalized spacial score (nSPS) is 11.9. The second-order valence-corrected chi connectivity index (χ2v) is 2.80. The Morgan fingerprint density at radius 3 is 2.31 bits per heavy atom. The Bertz CT molecular complexity index is 391. The van der Waals surface area contributed by atoms with E-state index in [4.69, 9.17) is 5.73 Å². The van der Waals surface area contributed by atoms with Gasteiger partial charge in [0.05, 0.1) is 7.11 Å². The summed E-state index contributed by atoms with van der Waals surface area (Å²) in [5, 5.41) is 0. The van der Waals surface area contributed by atoms with Crippen LogP contribution >= 0.6 is 0 Å². The minimum atomic E-state index is -4.82. The monoisotopic (exact) mass is 242 g/mol. The number of rotatable bonds is 2. The van der Waals surface area contributed by atoms with E-state index in [1.807, 2.05) is 0 Å². The number of ether oxygens (including phenoxy) is 1. The molecular formula is C8H7F5N2O. The van der Waals surface area contributed by atoms with E-state index >= 15 is 0 Å². The average Bonchev–Trinajstić information content (AvgIpc) is 2.14. The number of anilines is 1. The van der Waals surface area contributed by atoms with Gasteiger partial charge in [0.2, 0.25) is 0 Å². The fourth-order valence-corrected chi connectivity index (χ4v) is 1.16. The van der Waals surface area contributed by atoms with Gasteiger partial charge in [-0.3, -0.25) is 0 Å². The van der Waals surface area contributed by atoms with E-state index in [-0.39, 0.29) is 0 Å². The zero-order valence-electron chi connectivity index (χ0n) is 7.98. The van der Waals surface area contributed by atoms with Crippen molar-refractivity contribution in [3.05, 3.63) is 17.3 Å². The Balaban J connectivity index is 3.49. The summed E-state index contributed by atoms with van der Waals surface area (Å²) in [7, 11) is 0.857. The first-order valence-corrected chi connectivity index (χ1v) is 3.96. The molecule has 16 heavy (non-hydrogen) atoms. The van der Waals surface area contributed by atoms with Crippen molar-refractivity contribution < 1.29 is 26.7 Å². The Morgan fingerprint density at radius 2 is 1.94 bits per heavy atom. The number of nitrogens with two attached hydrogens (primary N) is 1. The van der Waals surface area contributed by atoms with Gasteiger partial charge in [0, 0.05) is 6.20 Å². The molecule has 1 rings (SSSR count). The highest BCUT2D eigenvalue weighted by atomic mass is 19.4. The van der Waals surface area contributed by atoms with Crippen LogP contribution in [-0.2, 0) is 6.18 Å². The van der Waals surface area contributed by atoms with E-state index in [9.17, 15) is 22.0 Å². The standard InChI is InChI=1S/C8H7F5N2O/c1-16-5-3(8(11,12)13)2-15-7(14)4(5)6(9)10/h2,6H,1H3,(H2,14,15). The maximum absolute atomic E-state index is 12.5. The third kappa shape index (κ3) is 2.15. The van der Waals surface area contributed by atoms with Gasteiger partial charge in [0.15, 0.2) is 0 Å². The quantitative estimate of drug-likeness (QED) is 0.811. The lowest BCUT2D eigenvalue weighted by Crippen LogP contribution is -2.12. The van der Waals surface area contributed by atoms with Crippen molar-refractivity contribution in [3.63, 3.8) is 0 Å². The Morgan fingerprint density at radius 1 is 1.38 bits per heavy atom. The molecule has 0 bridgehead atoms. The molecule has 0 amide bonds. The highest BCUT2D eigenvalue weighted by molar-refractivity contribution is 5.54. The van der Waals surface area contributed by atoms with Gasteiger partial charge in [-0.1, -0.05) is 0 Å². The minimum Gasteiger partial charge on any atom is -0.495 e. The summed E-state index contributed by atoms with van der Waals surface area (Å²) in [6, 6.07) is 0. The summed E-state index contributed by atoms with van der Waals surface area (Å²) in [6.07, 6.45) is -7.65. The Hall–Kier alpha value is -1.60. The zero-order valence-corrected chi connectivity index (χ0v) is 7.98. The van der Waals surface area contributed by atoms with Gasteiger partial charge >= 0.3 is 6.18 Å². The van der Waals surface area contributed by atoms with Crippen molar-refractivity contribution in [2.75, 3.05) is 12.8 Å². The maximum atomic E-state index is 12.5. The molecular weight excluding hydrogens is 235 g/mol. The fourth-order valence-electron chi connectivity index (χ4n) is 1.16. The summed E-state index contributed by atoms with van der Waals surface area (Å²) < 4.78 is 66.5. The van der Waals surface area contributed by atoms with Crippen LogP contribution in [0.25, 0.3) is 0 Å². The molecule has 0 aliphatic carbocycles. The van der Waals surface area contributed by atoms with Crippen molar-refractivity contribution in [3.8, 4) is 5.75 Å². The molecule has 3 nitrogen and oxygen atoms in total. The van der Waals surface area contributed by atoms with Gasteiger partial charge < -0.3 is 10.5 Å². The van der Waals surface area contributed by atoms with Crippen LogP contribution in [-0.4, -0.2) is 12.1 Å². The number of nitrogen functional groups attached to an aromatic ring is 1. The van der Waals surface area contributed by atoms with Crippen LogP contribution in [0.1, 0.15) is 17.6 Å². The predicted octanol–water partition coefficient (Wildman–Crippen LogP) is 2.63. The number of nitrogens with zero attached hydrogens (tertiary/aromatic N) is 1. The number of hydrogen-bond donors (Lipinski definition) is 1. The molecule has 0 aliphatic rings. The molecule has 0 spiro atoms. The van der Waals surface area contributed by atoms with Gasteiger partial charge in [0.1, 0.15) is 22.7 Å². The summed E-state index contributed by atoms with van der Waals surface area (Å²) in [5.74, 6) is -1.67. The number of alkyl halides is 5. The van der Waals surface area contributed by atoms with E-state index in [1.165, 1.54) is 0 Å². The van der Waals surface area contributed by atoms with Crippen LogP contribution in [0, 0.1) is 0 Å². The van der Waals surface area contributed by atoms with Crippen molar-refractivity contribution in [1.29, 1.82) is 0 Å². The van der Waals surface area contributed by atoms with Crippen LogP contribution in [0.2, 0.25) is 0 Å². The van der Waals surface area contributed by atoms with E-state index < -0.39 is 35.3 Å². The summed E-state index contributed by atoms with van der Waals surface area (Å²) >= 11 is 0. The number of halogens is 5. The Kier molecular flexibility index (Phi) is 3.20. The first kappa shape index (κ1) is 12.5. The molecule has 1 aromatic heterocycles. The van der Waals surface area contributed by atoms with Crippen molar-refractivity contribution >= 4 is 5.82 Å². The van der Waals surface area contributed by atoms with Crippen LogP contribution in [0.5, 0.6) is 5.75 Å². The molecule has 1 heterocycles. The van der Waals surface area contributed by atoms with Gasteiger partial charge in [-0.15, -0.1) is 0 Å².